The highest BCUT2D eigenvalue weighted by molar-refractivity contribution is 9.13. The van der Waals surface area contributed by atoms with Crippen molar-refractivity contribution < 1.29 is 8.78 Å². The Bertz CT molecular complexity index is 304. The lowest BCUT2D eigenvalue weighted by molar-refractivity contribution is 0.152. The van der Waals surface area contributed by atoms with Crippen LogP contribution in [-0.4, -0.2) is 4.98 Å². The molecule has 1 heterocycles. The molecule has 0 aromatic carbocycles. The Morgan fingerprint density at radius 3 is 2.50 bits per heavy atom. The zero-order chi connectivity index (χ0) is 9.30. The molecule has 0 saturated carbocycles. The Balaban J connectivity index is 3.23. The van der Waals surface area contributed by atoms with Crippen molar-refractivity contribution in [2.75, 3.05) is 5.73 Å². The molecule has 0 amide bonds. The summed E-state index contributed by atoms with van der Waals surface area (Å²) in [7, 11) is 0. The highest BCUT2D eigenvalue weighted by atomic mass is 79.9. The molecular formula is C6H4Br2F2N2. The van der Waals surface area contributed by atoms with Crippen molar-refractivity contribution >= 4 is 37.7 Å². The summed E-state index contributed by atoms with van der Waals surface area (Å²) < 4.78 is 25.3. The van der Waals surface area contributed by atoms with Crippen LogP contribution in [0.4, 0.5) is 14.6 Å². The molecular weight excluding hydrogens is 298 g/mol. The van der Waals surface area contributed by atoms with E-state index < -0.39 is 6.43 Å². The van der Waals surface area contributed by atoms with Crippen LogP contribution in [-0.2, 0) is 0 Å². The maximum Gasteiger partial charge on any atom is 0.267 e. The van der Waals surface area contributed by atoms with Gasteiger partial charge in [-0.2, -0.15) is 0 Å². The van der Waals surface area contributed by atoms with Gasteiger partial charge in [0.05, 0.1) is 10.0 Å². The normalized spacial score (nSPS) is 10.8. The molecule has 1 aromatic rings. The van der Waals surface area contributed by atoms with Crippen LogP contribution in [0.1, 0.15) is 12.0 Å². The van der Waals surface area contributed by atoms with Gasteiger partial charge in [0.2, 0.25) is 0 Å². The van der Waals surface area contributed by atoms with E-state index in [-0.39, 0.29) is 11.4 Å². The molecule has 12 heavy (non-hydrogen) atoms. The van der Waals surface area contributed by atoms with Crippen LogP contribution in [0.15, 0.2) is 15.1 Å². The maximum atomic E-state index is 12.2. The zero-order valence-electron chi connectivity index (χ0n) is 5.69. The van der Waals surface area contributed by atoms with Crippen molar-refractivity contribution in [3.05, 3.63) is 20.7 Å². The van der Waals surface area contributed by atoms with Crippen molar-refractivity contribution in [2.24, 2.45) is 0 Å². The number of rotatable bonds is 1. The van der Waals surface area contributed by atoms with Gasteiger partial charge in [0.25, 0.3) is 6.43 Å². The van der Waals surface area contributed by atoms with Gasteiger partial charge in [0, 0.05) is 0 Å². The first-order chi connectivity index (χ1) is 5.52. The number of aromatic nitrogens is 1. The fourth-order valence-corrected chi connectivity index (χ4v) is 1.31. The van der Waals surface area contributed by atoms with Gasteiger partial charge in [0.15, 0.2) is 0 Å². The number of nitrogens with two attached hydrogens (primary N) is 1. The number of hydrogen-bond acceptors (Lipinski definition) is 2. The largest absolute Gasteiger partial charge is 0.383 e. The lowest BCUT2D eigenvalue weighted by Crippen LogP contribution is -1.98. The first kappa shape index (κ1) is 9.85. The third-order valence-electron chi connectivity index (χ3n) is 1.23. The van der Waals surface area contributed by atoms with Crippen molar-refractivity contribution in [1.29, 1.82) is 0 Å². The number of nitrogens with zero attached hydrogens (tertiary/aromatic N) is 1. The average molecular weight is 302 g/mol. The van der Waals surface area contributed by atoms with Crippen LogP contribution in [0.2, 0.25) is 0 Å². The topological polar surface area (TPSA) is 38.9 Å². The predicted octanol–water partition coefficient (Wildman–Crippen LogP) is 3.13. The molecule has 0 spiro atoms. The van der Waals surface area contributed by atoms with Crippen LogP contribution in [0, 0.1) is 0 Å². The van der Waals surface area contributed by atoms with E-state index in [1.54, 1.807) is 0 Å². The molecule has 1 rings (SSSR count). The monoisotopic (exact) mass is 300 g/mol. The summed E-state index contributed by atoms with van der Waals surface area (Å²) in [6.07, 6.45) is -2.60. The number of halogens is 4. The Kier molecular flexibility index (Phi) is 3.00. The van der Waals surface area contributed by atoms with Gasteiger partial charge >= 0.3 is 0 Å². The number of hydrogen-bond donors (Lipinski definition) is 1. The number of alkyl halides is 2. The minimum atomic E-state index is -2.60. The lowest BCUT2D eigenvalue weighted by atomic mass is 10.3. The minimum Gasteiger partial charge on any atom is -0.383 e. The molecule has 66 valence electrons. The average Bonchev–Trinajstić information content (AvgIpc) is 1.96. The van der Waals surface area contributed by atoms with Crippen LogP contribution in [0.25, 0.3) is 0 Å². The molecule has 0 aliphatic heterocycles. The van der Waals surface area contributed by atoms with Crippen molar-refractivity contribution in [2.45, 2.75) is 6.43 Å². The lowest BCUT2D eigenvalue weighted by Gasteiger charge is -2.04. The van der Waals surface area contributed by atoms with E-state index in [1.807, 2.05) is 0 Å². The predicted molar refractivity (Wildman–Crippen MR) is 49.0 cm³/mol. The summed E-state index contributed by atoms with van der Waals surface area (Å²) in [6, 6.07) is 1.25. The summed E-state index contributed by atoms with van der Waals surface area (Å²) in [4.78, 5) is 3.66. The van der Waals surface area contributed by atoms with Gasteiger partial charge in [-0.3, -0.25) is 0 Å². The van der Waals surface area contributed by atoms with Gasteiger partial charge in [-0.25, -0.2) is 13.8 Å². The molecule has 0 atom stereocenters. The fraction of sp³-hybridized carbons (Fsp3) is 0.167. The quantitative estimate of drug-likeness (QED) is 0.810. The molecule has 0 aliphatic rings. The summed E-state index contributed by atoms with van der Waals surface area (Å²) >= 11 is 6.10. The van der Waals surface area contributed by atoms with Crippen LogP contribution in [0.3, 0.4) is 0 Å². The molecule has 0 aliphatic carbocycles. The molecule has 0 bridgehead atoms. The Morgan fingerprint density at radius 2 is 2.00 bits per heavy atom. The first-order valence-electron chi connectivity index (χ1n) is 2.92. The van der Waals surface area contributed by atoms with Crippen LogP contribution >= 0.6 is 31.9 Å². The molecule has 0 saturated heterocycles. The fourth-order valence-electron chi connectivity index (χ4n) is 0.669. The Morgan fingerprint density at radius 1 is 1.42 bits per heavy atom. The van der Waals surface area contributed by atoms with E-state index in [2.05, 4.69) is 36.8 Å². The molecule has 0 unspecified atom stereocenters. The van der Waals surface area contributed by atoms with Gasteiger partial charge in [-0.05, 0) is 37.9 Å². The SMILES string of the molecule is Nc1nc(Br)c(Br)cc1C(F)F. The molecule has 2 N–H and O–H groups in total. The second kappa shape index (κ2) is 3.66. The molecule has 0 radical (unpaired) electrons. The Hall–Kier alpha value is -0.230. The van der Waals surface area contributed by atoms with Gasteiger partial charge in [-0.1, -0.05) is 0 Å². The second-order valence-electron chi connectivity index (χ2n) is 2.04. The van der Waals surface area contributed by atoms with E-state index in [0.717, 1.165) is 0 Å². The van der Waals surface area contributed by atoms with Crippen molar-refractivity contribution in [3.8, 4) is 0 Å². The standard InChI is InChI=1S/C6H4Br2F2N2/c7-3-1-2(5(9)10)6(11)12-4(3)8/h1,5H,(H2,11,12). The number of anilines is 1. The van der Waals surface area contributed by atoms with E-state index in [1.165, 1.54) is 6.07 Å². The highest BCUT2D eigenvalue weighted by Gasteiger charge is 2.14. The molecule has 1 aromatic heterocycles. The van der Waals surface area contributed by atoms with E-state index >= 15 is 0 Å². The van der Waals surface area contributed by atoms with E-state index in [0.29, 0.717) is 9.08 Å². The Labute approximate surface area is 84.4 Å². The summed E-state index contributed by atoms with van der Waals surface area (Å²) in [5.74, 6) is -0.153. The van der Waals surface area contributed by atoms with E-state index in [9.17, 15) is 8.78 Å². The number of pyridine rings is 1. The highest BCUT2D eigenvalue weighted by Crippen LogP contribution is 2.30. The molecule has 6 heteroatoms. The molecule has 2 nitrogen and oxygen atoms in total. The number of nitrogen functional groups attached to an aromatic ring is 1. The van der Waals surface area contributed by atoms with E-state index in [4.69, 9.17) is 5.73 Å². The first-order valence-corrected chi connectivity index (χ1v) is 4.50. The summed E-state index contributed by atoms with van der Waals surface area (Å²) in [5, 5.41) is 0. The smallest absolute Gasteiger partial charge is 0.267 e. The third-order valence-corrected chi connectivity index (χ3v) is 2.97. The zero-order valence-corrected chi connectivity index (χ0v) is 8.86. The van der Waals surface area contributed by atoms with Crippen molar-refractivity contribution in [1.82, 2.24) is 4.98 Å². The molecule has 0 fully saturated rings. The maximum absolute atomic E-state index is 12.2. The second-order valence-corrected chi connectivity index (χ2v) is 3.64. The van der Waals surface area contributed by atoms with Gasteiger partial charge < -0.3 is 5.73 Å². The van der Waals surface area contributed by atoms with Crippen LogP contribution < -0.4 is 5.73 Å². The van der Waals surface area contributed by atoms with Crippen LogP contribution in [0.5, 0.6) is 0 Å². The third kappa shape index (κ3) is 1.92. The van der Waals surface area contributed by atoms with Gasteiger partial charge in [-0.15, -0.1) is 0 Å². The minimum absolute atomic E-state index is 0.153. The summed E-state index contributed by atoms with van der Waals surface area (Å²) in [5.41, 5.74) is 4.99. The summed E-state index contributed by atoms with van der Waals surface area (Å²) in [6.45, 7) is 0. The van der Waals surface area contributed by atoms with Gasteiger partial charge in [0.1, 0.15) is 10.4 Å². The van der Waals surface area contributed by atoms with Crippen molar-refractivity contribution in [3.63, 3.8) is 0 Å².